The summed E-state index contributed by atoms with van der Waals surface area (Å²) in [4.78, 5) is 0. The number of hydrogen-bond donors (Lipinski definition) is 1. The first-order chi connectivity index (χ1) is 7.40. The van der Waals surface area contributed by atoms with Gasteiger partial charge in [-0.1, -0.05) is 27.7 Å². The van der Waals surface area contributed by atoms with Gasteiger partial charge in [-0.3, -0.25) is 0 Å². The first kappa shape index (κ1) is 11.1. The minimum atomic E-state index is 0.540. The Morgan fingerprint density at radius 2 is 1.75 bits per heavy atom. The highest BCUT2D eigenvalue weighted by atomic mass is 14.7. The van der Waals surface area contributed by atoms with Gasteiger partial charge in [0.05, 0.1) is 0 Å². The fourth-order valence-corrected chi connectivity index (χ4v) is 5.38. The quantitative estimate of drug-likeness (QED) is 0.761. The lowest BCUT2D eigenvalue weighted by molar-refractivity contribution is -0.114. The van der Waals surface area contributed by atoms with E-state index < -0.39 is 0 Å². The zero-order valence-corrected chi connectivity index (χ0v) is 11.3. The topological polar surface area (TPSA) is 26.0 Å². The standard InChI is InChI=1S/C15H27N/c1-14(2)9-5-6-10(11(14)7-9)13-12(8-16)15(13,3)4/h9-13H,5-8,16H2,1-4H3/t9-,10?,11-,12-,13-/m0/s1. The van der Waals surface area contributed by atoms with Crippen molar-refractivity contribution in [1.82, 2.24) is 0 Å². The lowest BCUT2D eigenvalue weighted by Crippen LogP contribution is -2.53. The lowest BCUT2D eigenvalue weighted by atomic mass is 9.44. The summed E-state index contributed by atoms with van der Waals surface area (Å²) in [5.74, 6) is 4.77. The summed E-state index contributed by atoms with van der Waals surface area (Å²) >= 11 is 0. The summed E-state index contributed by atoms with van der Waals surface area (Å²) in [5, 5.41) is 0. The first-order valence-electron chi connectivity index (χ1n) is 7.10. The van der Waals surface area contributed by atoms with Crippen molar-refractivity contribution in [3.63, 3.8) is 0 Å². The second-order valence-corrected chi connectivity index (χ2v) is 7.79. The van der Waals surface area contributed by atoms with E-state index in [2.05, 4.69) is 27.7 Å². The van der Waals surface area contributed by atoms with E-state index in [4.69, 9.17) is 5.73 Å². The van der Waals surface area contributed by atoms with Gasteiger partial charge >= 0.3 is 0 Å². The smallest absolute Gasteiger partial charge is 0.00407 e. The van der Waals surface area contributed by atoms with Crippen LogP contribution in [-0.4, -0.2) is 6.54 Å². The SMILES string of the molecule is CC1(C)[C@H]2CCC([C@H]3[C@H](CN)C3(C)C)[C@@H]1C2. The average molecular weight is 221 g/mol. The van der Waals surface area contributed by atoms with E-state index in [-0.39, 0.29) is 0 Å². The molecule has 0 aliphatic heterocycles. The summed E-state index contributed by atoms with van der Waals surface area (Å²) in [6, 6.07) is 0. The van der Waals surface area contributed by atoms with Gasteiger partial charge in [-0.05, 0) is 66.2 Å². The Morgan fingerprint density at radius 3 is 2.19 bits per heavy atom. The third kappa shape index (κ3) is 1.16. The van der Waals surface area contributed by atoms with Crippen LogP contribution in [0, 0.1) is 40.4 Å². The molecule has 5 atom stereocenters. The molecule has 4 saturated carbocycles. The van der Waals surface area contributed by atoms with Crippen LogP contribution in [0.1, 0.15) is 47.0 Å². The van der Waals surface area contributed by atoms with Crippen LogP contribution in [0.25, 0.3) is 0 Å². The second kappa shape index (κ2) is 3.04. The Bertz CT molecular complexity index is 303. The molecule has 0 aromatic rings. The number of hydrogen-bond acceptors (Lipinski definition) is 1. The van der Waals surface area contributed by atoms with Crippen molar-refractivity contribution < 1.29 is 0 Å². The van der Waals surface area contributed by atoms with Gasteiger partial charge in [0.2, 0.25) is 0 Å². The Hall–Kier alpha value is -0.0400. The van der Waals surface area contributed by atoms with E-state index in [0.717, 1.165) is 36.1 Å². The van der Waals surface area contributed by atoms with Gasteiger partial charge < -0.3 is 5.73 Å². The Kier molecular flexibility index (Phi) is 2.11. The van der Waals surface area contributed by atoms with Crippen LogP contribution in [0.15, 0.2) is 0 Å². The van der Waals surface area contributed by atoms with E-state index in [0.29, 0.717) is 10.8 Å². The van der Waals surface area contributed by atoms with E-state index in [9.17, 15) is 0 Å². The molecular weight excluding hydrogens is 194 g/mol. The van der Waals surface area contributed by atoms with Gasteiger partial charge in [-0.15, -0.1) is 0 Å². The minimum Gasteiger partial charge on any atom is -0.330 e. The molecule has 2 bridgehead atoms. The third-order valence-electron chi connectivity index (χ3n) is 6.77. The van der Waals surface area contributed by atoms with Crippen LogP contribution in [0.3, 0.4) is 0 Å². The third-order valence-corrected chi connectivity index (χ3v) is 6.77. The van der Waals surface area contributed by atoms with Gasteiger partial charge in [0.15, 0.2) is 0 Å². The molecule has 0 aromatic heterocycles. The molecule has 4 aliphatic carbocycles. The second-order valence-electron chi connectivity index (χ2n) is 7.79. The van der Waals surface area contributed by atoms with Gasteiger partial charge in [0.25, 0.3) is 0 Å². The highest BCUT2D eigenvalue weighted by Gasteiger charge is 2.66. The highest BCUT2D eigenvalue weighted by molar-refractivity contribution is 5.14. The van der Waals surface area contributed by atoms with Crippen molar-refractivity contribution in [3.05, 3.63) is 0 Å². The molecule has 2 N–H and O–H groups in total. The predicted octanol–water partition coefficient (Wildman–Crippen LogP) is 3.29. The number of fused-ring (bicyclic) bond motifs is 2. The minimum absolute atomic E-state index is 0.540. The van der Waals surface area contributed by atoms with Crippen molar-refractivity contribution in [3.8, 4) is 0 Å². The van der Waals surface area contributed by atoms with Crippen molar-refractivity contribution in [2.24, 2.45) is 46.2 Å². The molecule has 0 amide bonds. The molecule has 0 heterocycles. The summed E-state index contributed by atoms with van der Waals surface area (Å²) in [5.41, 5.74) is 7.11. The molecule has 1 heteroatoms. The molecule has 1 nitrogen and oxygen atoms in total. The van der Waals surface area contributed by atoms with Crippen LogP contribution in [0.2, 0.25) is 0 Å². The van der Waals surface area contributed by atoms with Gasteiger partial charge in [0, 0.05) is 0 Å². The molecule has 16 heavy (non-hydrogen) atoms. The molecule has 0 radical (unpaired) electrons. The van der Waals surface area contributed by atoms with Crippen LogP contribution < -0.4 is 5.73 Å². The molecule has 0 aromatic carbocycles. The normalized spacial score (nSPS) is 51.9. The maximum absolute atomic E-state index is 5.93. The summed E-state index contributed by atoms with van der Waals surface area (Å²) in [6.45, 7) is 10.8. The number of rotatable bonds is 2. The Morgan fingerprint density at radius 1 is 1.06 bits per heavy atom. The van der Waals surface area contributed by atoms with Crippen molar-refractivity contribution in [1.29, 1.82) is 0 Å². The molecule has 0 spiro atoms. The summed E-state index contributed by atoms with van der Waals surface area (Å²) in [7, 11) is 0. The van der Waals surface area contributed by atoms with E-state index in [1.807, 2.05) is 0 Å². The van der Waals surface area contributed by atoms with Gasteiger partial charge in [-0.2, -0.15) is 0 Å². The molecular formula is C15H27N. The lowest BCUT2D eigenvalue weighted by Gasteiger charge is -2.60. The largest absolute Gasteiger partial charge is 0.330 e. The average Bonchev–Trinajstić information content (AvgIpc) is 2.80. The van der Waals surface area contributed by atoms with E-state index in [1.165, 1.54) is 19.3 Å². The summed E-state index contributed by atoms with van der Waals surface area (Å²) in [6.07, 6.45) is 4.49. The Labute approximate surface area is 100 Å². The molecule has 4 rings (SSSR count). The fourth-order valence-electron chi connectivity index (χ4n) is 5.38. The van der Waals surface area contributed by atoms with Crippen LogP contribution >= 0.6 is 0 Å². The monoisotopic (exact) mass is 221 g/mol. The number of nitrogens with two attached hydrogens (primary N) is 1. The Balaban J connectivity index is 1.78. The first-order valence-corrected chi connectivity index (χ1v) is 7.10. The molecule has 1 unspecified atom stereocenters. The summed E-state index contributed by atoms with van der Waals surface area (Å²) < 4.78 is 0. The van der Waals surface area contributed by atoms with Crippen LogP contribution in [-0.2, 0) is 0 Å². The van der Waals surface area contributed by atoms with E-state index in [1.54, 1.807) is 0 Å². The highest BCUT2D eigenvalue weighted by Crippen LogP contribution is 2.71. The molecule has 0 saturated heterocycles. The zero-order chi connectivity index (χ0) is 11.7. The van der Waals surface area contributed by atoms with Crippen molar-refractivity contribution >= 4 is 0 Å². The van der Waals surface area contributed by atoms with Crippen molar-refractivity contribution in [2.45, 2.75) is 47.0 Å². The zero-order valence-electron chi connectivity index (χ0n) is 11.3. The van der Waals surface area contributed by atoms with E-state index >= 15 is 0 Å². The maximum Gasteiger partial charge on any atom is -0.00407 e. The predicted molar refractivity (Wildman–Crippen MR) is 67.9 cm³/mol. The fraction of sp³-hybridized carbons (Fsp3) is 1.00. The van der Waals surface area contributed by atoms with Crippen LogP contribution in [0.5, 0.6) is 0 Å². The maximum atomic E-state index is 5.93. The van der Waals surface area contributed by atoms with Crippen LogP contribution in [0.4, 0.5) is 0 Å². The van der Waals surface area contributed by atoms with Gasteiger partial charge in [-0.25, -0.2) is 0 Å². The molecule has 4 aliphatic rings. The van der Waals surface area contributed by atoms with Crippen molar-refractivity contribution in [2.75, 3.05) is 6.54 Å². The molecule has 92 valence electrons. The molecule has 4 fully saturated rings. The van der Waals surface area contributed by atoms with Gasteiger partial charge in [0.1, 0.15) is 0 Å².